The van der Waals surface area contributed by atoms with Gasteiger partial charge in [0.1, 0.15) is 0 Å². The van der Waals surface area contributed by atoms with E-state index < -0.39 is 10.0 Å². The van der Waals surface area contributed by atoms with Crippen LogP contribution in [-0.2, 0) is 10.0 Å². The molecule has 2 N–H and O–H groups in total. The average Bonchev–Trinajstić information content (AvgIpc) is 2.60. The van der Waals surface area contributed by atoms with Crippen molar-refractivity contribution in [2.24, 2.45) is 10.9 Å². The number of hydrogen-bond donors (Lipinski definition) is 2. The zero-order chi connectivity index (χ0) is 19.2. The Bertz CT molecular complexity index is 722. The van der Waals surface area contributed by atoms with E-state index in [-0.39, 0.29) is 30.0 Å². The first kappa shape index (κ1) is 24.5. The smallest absolute Gasteiger partial charge is 0.211 e. The molecule has 1 aromatic rings. The molecule has 0 radical (unpaired) electrons. The van der Waals surface area contributed by atoms with E-state index in [9.17, 15) is 8.42 Å². The molecule has 0 amide bonds. The molecule has 0 bridgehead atoms. The molecule has 1 heterocycles. The van der Waals surface area contributed by atoms with E-state index >= 15 is 0 Å². The lowest BCUT2D eigenvalue weighted by atomic mass is 9.98. The van der Waals surface area contributed by atoms with Crippen LogP contribution in [0.3, 0.4) is 0 Å². The summed E-state index contributed by atoms with van der Waals surface area (Å²) in [5.41, 5.74) is 1.03. The van der Waals surface area contributed by atoms with Crippen molar-refractivity contribution in [3.05, 3.63) is 34.9 Å². The van der Waals surface area contributed by atoms with Gasteiger partial charge in [-0.2, -0.15) is 0 Å². The molecule has 1 aromatic carbocycles. The molecule has 0 aromatic heterocycles. The fourth-order valence-electron chi connectivity index (χ4n) is 3.07. The van der Waals surface area contributed by atoms with E-state index in [2.05, 4.69) is 17.6 Å². The first-order valence-electron chi connectivity index (χ1n) is 9.05. The molecule has 1 fully saturated rings. The number of piperidine rings is 1. The summed E-state index contributed by atoms with van der Waals surface area (Å²) in [6.45, 7) is 6.70. The maximum absolute atomic E-state index is 11.6. The van der Waals surface area contributed by atoms with E-state index in [1.165, 1.54) is 6.26 Å². The Morgan fingerprint density at radius 2 is 1.96 bits per heavy atom. The maximum Gasteiger partial charge on any atom is 0.211 e. The Morgan fingerprint density at radius 1 is 1.33 bits per heavy atom. The summed E-state index contributed by atoms with van der Waals surface area (Å²) in [5.74, 6) is 1.16. The minimum Gasteiger partial charge on any atom is -0.357 e. The summed E-state index contributed by atoms with van der Waals surface area (Å²) >= 11 is 6.27. The monoisotopic (exact) mass is 528 g/mol. The normalized spacial score (nSPS) is 17.9. The van der Waals surface area contributed by atoms with Crippen molar-refractivity contribution >= 4 is 51.6 Å². The zero-order valence-corrected chi connectivity index (χ0v) is 20.0. The summed E-state index contributed by atoms with van der Waals surface area (Å²) < 4.78 is 24.7. The van der Waals surface area contributed by atoms with Crippen molar-refractivity contribution in [2.75, 3.05) is 32.4 Å². The molecule has 1 aliphatic rings. The van der Waals surface area contributed by atoms with Crippen molar-refractivity contribution in [3.8, 4) is 0 Å². The van der Waals surface area contributed by atoms with Crippen LogP contribution >= 0.6 is 35.6 Å². The second-order valence-corrected chi connectivity index (χ2v) is 9.10. The van der Waals surface area contributed by atoms with Gasteiger partial charge in [0.2, 0.25) is 10.0 Å². The van der Waals surface area contributed by atoms with Gasteiger partial charge in [0.15, 0.2) is 5.96 Å². The van der Waals surface area contributed by atoms with Gasteiger partial charge in [0, 0.05) is 31.2 Å². The van der Waals surface area contributed by atoms with Crippen molar-refractivity contribution < 1.29 is 8.42 Å². The van der Waals surface area contributed by atoms with Crippen LogP contribution in [0.1, 0.15) is 38.3 Å². The zero-order valence-electron chi connectivity index (χ0n) is 16.1. The number of nitrogens with one attached hydrogen (secondary N) is 2. The standard InChI is InChI=1S/C18H29ClN4O2S.HI/c1-4-20-18(22-14(2)16-7-5-6-8-17(16)19)21-13-15-9-11-23(12-10-15)26(3,24)25;/h5-8,14-15H,4,9-13H2,1-3H3,(H2,20,21,22);1H. The molecule has 27 heavy (non-hydrogen) atoms. The third kappa shape index (κ3) is 7.75. The molecule has 1 aliphatic heterocycles. The Hall–Kier alpha value is -0.580. The van der Waals surface area contributed by atoms with Gasteiger partial charge in [-0.1, -0.05) is 29.8 Å². The van der Waals surface area contributed by atoms with Crippen LogP contribution in [-0.4, -0.2) is 51.1 Å². The van der Waals surface area contributed by atoms with Crippen LogP contribution in [0.2, 0.25) is 5.02 Å². The number of aliphatic imine (C=N–C) groups is 1. The average molecular weight is 529 g/mol. The summed E-state index contributed by atoms with van der Waals surface area (Å²) in [5, 5.41) is 7.39. The van der Waals surface area contributed by atoms with Crippen molar-refractivity contribution in [3.63, 3.8) is 0 Å². The third-order valence-corrected chi connectivity index (χ3v) is 6.27. The van der Waals surface area contributed by atoms with Crippen LogP contribution in [0.25, 0.3) is 0 Å². The number of nitrogens with zero attached hydrogens (tertiary/aromatic N) is 2. The summed E-state index contributed by atoms with van der Waals surface area (Å²) in [4.78, 5) is 4.70. The Balaban J connectivity index is 0.00000364. The minimum absolute atomic E-state index is 0. The summed E-state index contributed by atoms with van der Waals surface area (Å²) in [6, 6.07) is 7.81. The van der Waals surface area contributed by atoms with Gasteiger partial charge in [-0.15, -0.1) is 24.0 Å². The maximum atomic E-state index is 11.6. The van der Waals surface area contributed by atoms with Gasteiger partial charge in [-0.3, -0.25) is 4.99 Å². The highest BCUT2D eigenvalue weighted by Gasteiger charge is 2.24. The Labute approximate surface area is 185 Å². The van der Waals surface area contributed by atoms with Crippen molar-refractivity contribution in [2.45, 2.75) is 32.7 Å². The number of guanidine groups is 1. The Morgan fingerprint density at radius 3 is 2.52 bits per heavy atom. The second-order valence-electron chi connectivity index (χ2n) is 6.71. The summed E-state index contributed by atoms with van der Waals surface area (Å²) in [6.07, 6.45) is 2.96. The van der Waals surface area contributed by atoms with E-state index in [1.54, 1.807) is 4.31 Å². The van der Waals surface area contributed by atoms with Gasteiger partial charge in [0.25, 0.3) is 0 Å². The van der Waals surface area contributed by atoms with E-state index in [4.69, 9.17) is 16.6 Å². The third-order valence-electron chi connectivity index (χ3n) is 4.62. The SMILES string of the molecule is CCNC(=NCC1CCN(S(C)(=O)=O)CC1)NC(C)c1ccccc1Cl.I. The number of hydrogen-bond acceptors (Lipinski definition) is 3. The Kier molecular flexibility index (Phi) is 10.4. The highest BCUT2D eigenvalue weighted by Crippen LogP contribution is 2.22. The van der Waals surface area contributed by atoms with E-state index in [0.717, 1.165) is 35.9 Å². The largest absolute Gasteiger partial charge is 0.357 e. The quantitative estimate of drug-likeness (QED) is 0.338. The number of rotatable bonds is 6. The lowest BCUT2D eigenvalue weighted by Crippen LogP contribution is -2.40. The lowest BCUT2D eigenvalue weighted by Gasteiger charge is -2.29. The molecule has 0 aliphatic carbocycles. The predicted octanol–water partition coefficient (Wildman–Crippen LogP) is 3.25. The number of sulfonamides is 1. The highest BCUT2D eigenvalue weighted by atomic mass is 127. The van der Waals surface area contributed by atoms with Crippen LogP contribution in [0.15, 0.2) is 29.3 Å². The van der Waals surface area contributed by atoms with E-state index in [0.29, 0.717) is 25.6 Å². The van der Waals surface area contributed by atoms with Crippen molar-refractivity contribution in [1.29, 1.82) is 0 Å². The molecule has 0 spiro atoms. The van der Waals surface area contributed by atoms with Crippen LogP contribution in [0.4, 0.5) is 0 Å². The molecule has 1 atom stereocenters. The molecule has 2 rings (SSSR count). The summed E-state index contributed by atoms with van der Waals surface area (Å²) in [7, 11) is -3.08. The predicted molar refractivity (Wildman–Crippen MR) is 124 cm³/mol. The lowest BCUT2D eigenvalue weighted by molar-refractivity contribution is 0.280. The van der Waals surface area contributed by atoms with Gasteiger partial charge in [0.05, 0.1) is 12.3 Å². The van der Waals surface area contributed by atoms with E-state index in [1.807, 2.05) is 31.2 Å². The molecule has 154 valence electrons. The first-order chi connectivity index (χ1) is 12.3. The molecule has 6 nitrogen and oxygen atoms in total. The number of halogens is 2. The first-order valence-corrected chi connectivity index (χ1v) is 11.3. The van der Waals surface area contributed by atoms with Crippen LogP contribution in [0, 0.1) is 5.92 Å². The number of benzene rings is 1. The van der Waals surface area contributed by atoms with Gasteiger partial charge >= 0.3 is 0 Å². The molecule has 0 saturated carbocycles. The fraction of sp³-hybridized carbons (Fsp3) is 0.611. The van der Waals surface area contributed by atoms with Crippen LogP contribution in [0.5, 0.6) is 0 Å². The van der Waals surface area contributed by atoms with Crippen LogP contribution < -0.4 is 10.6 Å². The molecule has 1 unspecified atom stereocenters. The second kappa shape index (κ2) is 11.4. The molecule has 1 saturated heterocycles. The molecular weight excluding hydrogens is 499 g/mol. The molecule has 9 heteroatoms. The van der Waals surface area contributed by atoms with Gasteiger partial charge < -0.3 is 10.6 Å². The fourth-order valence-corrected chi connectivity index (χ4v) is 4.25. The minimum atomic E-state index is -3.08. The molecular formula is C18H30ClIN4O2S. The van der Waals surface area contributed by atoms with Gasteiger partial charge in [-0.05, 0) is 44.2 Å². The van der Waals surface area contributed by atoms with Crippen molar-refractivity contribution in [1.82, 2.24) is 14.9 Å². The highest BCUT2D eigenvalue weighted by molar-refractivity contribution is 14.0. The topological polar surface area (TPSA) is 73.8 Å². The van der Waals surface area contributed by atoms with Gasteiger partial charge in [-0.25, -0.2) is 12.7 Å².